The Morgan fingerprint density at radius 2 is 0.500 bits per heavy atom. The Labute approximate surface area is 245 Å². The maximum atomic E-state index is 4.77. The van der Waals surface area contributed by atoms with Crippen LogP contribution in [0.1, 0.15) is 0 Å². The van der Waals surface area contributed by atoms with Crippen molar-refractivity contribution in [3.63, 3.8) is 0 Å². The van der Waals surface area contributed by atoms with E-state index in [4.69, 9.17) is 9.97 Å². The maximum absolute atomic E-state index is 4.77. The molecule has 1 aromatic heterocycles. The van der Waals surface area contributed by atoms with E-state index < -0.39 is 0 Å². The van der Waals surface area contributed by atoms with Crippen LogP contribution in [0, 0.1) is 0 Å². The number of hydrogen-bond acceptors (Lipinski definition) is 3. The largest absolute Gasteiger partial charge is 0.225 e. The Hall–Kier alpha value is -5.67. The van der Waals surface area contributed by atoms with Crippen molar-refractivity contribution in [2.75, 3.05) is 0 Å². The standard InChI is InChI=1S/C39H27N3/c1-6-16-28(17-7-1)33-34(29-18-8-2-9-19-29)36(31-22-12-4-13-23-31)38(39-41-26-40-27-42-39)37(32-24-14-5-15-25-32)35(33)30-20-10-3-11-21-30/h1-27H. The van der Waals surface area contributed by atoms with Gasteiger partial charge in [-0.25, -0.2) is 15.0 Å². The molecule has 3 heteroatoms. The molecule has 3 nitrogen and oxygen atoms in total. The first kappa shape index (κ1) is 25.3. The van der Waals surface area contributed by atoms with E-state index in [0.29, 0.717) is 5.82 Å². The summed E-state index contributed by atoms with van der Waals surface area (Å²) in [4.78, 5) is 13.7. The van der Waals surface area contributed by atoms with E-state index in [1.165, 1.54) is 5.56 Å². The molecule has 42 heavy (non-hydrogen) atoms. The van der Waals surface area contributed by atoms with E-state index in [1.807, 2.05) is 0 Å². The summed E-state index contributed by atoms with van der Waals surface area (Å²) < 4.78 is 0. The SMILES string of the molecule is c1ccc(-c2c(-c3ccccc3)c(-c3ccccc3)c(-c3ncncn3)c(-c3ccccc3)c2-c2ccccc2)cc1. The van der Waals surface area contributed by atoms with Crippen molar-refractivity contribution in [1.29, 1.82) is 0 Å². The second-order valence-electron chi connectivity index (χ2n) is 10.0. The highest BCUT2D eigenvalue weighted by molar-refractivity contribution is 6.14. The Kier molecular flexibility index (Phi) is 6.89. The van der Waals surface area contributed by atoms with Crippen LogP contribution in [0.3, 0.4) is 0 Å². The second-order valence-corrected chi connectivity index (χ2v) is 10.0. The molecular weight excluding hydrogens is 510 g/mol. The van der Waals surface area contributed by atoms with E-state index in [9.17, 15) is 0 Å². The van der Waals surface area contributed by atoms with Gasteiger partial charge >= 0.3 is 0 Å². The summed E-state index contributed by atoms with van der Waals surface area (Å²) in [6.45, 7) is 0. The lowest BCUT2D eigenvalue weighted by Gasteiger charge is -2.27. The molecule has 7 aromatic rings. The fourth-order valence-electron chi connectivity index (χ4n) is 5.81. The third-order valence-corrected chi connectivity index (χ3v) is 7.53. The van der Waals surface area contributed by atoms with E-state index in [1.54, 1.807) is 12.7 Å². The van der Waals surface area contributed by atoms with Crippen LogP contribution in [0.15, 0.2) is 164 Å². The van der Waals surface area contributed by atoms with Crippen molar-refractivity contribution in [1.82, 2.24) is 15.0 Å². The Morgan fingerprint density at radius 1 is 0.262 bits per heavy atom. The molecular formula is C39H27N3. The molecule has 0 aliphatic rings. The van der Waals surface area contributed by atoms with E-state index in [-0.39, 0.29) is 0 Å². The Balaban J connectivity index is 1.81. The fourth-order valence-corrected chi connectivity index (χ4v) is 5.81. The van der Waals surface area contributed by atoms with Crippen LogP contribution >= 0.6 is 0 Å². The van der Waals surface area contributed by atoms with Crippen LogP contribution in [0.4, 0.5) is 0 Å². The molecule has 6 aromatic carbocycles. The van der Waals surface area contributed by atoms with Crippen LogP contribution in [0.5, 0.6) is 0 Å². The van der Waals surface area contributed by atoms with Crippen molar-refractivity contribution in [2.24, 2.45) is 0 Å². The van der Waals surface area contributed by atoms with Crippen LogP contribution in [0.2, 0.25) is 0 Å². The Morgan fingerprint density at radius 3 is 0.762 bits per heavy atom. The molecule has 1 heterocycles. The topological polar surface area (TPSA) is 38.7 Å². The first-order valence-electron chi connectivity index (χ1n) is 14.0. The van der Waals surface area contributed by atoms with Gasteiger partial charge in [0, 0.05) is 16.7 Å². The normalized spacial score (nSPS) is 10.9. The first-order chi connectivity index (χ1) is 20.9. The summed E-state index contributed by atoms with van der Waals surface area (Å²) in [7, 11) is 0. The van der Waals surface area contributed by atoms with Crippen molar-refractivity contribution < 1.29 is 0 Å². The molecule has 0 saturated carbocycles. The molecule has 0 aliphatic carbocycles. The minimum atomic E-state index is 0.636. The van der Waals surface area contributed by atoms with E-state index in [0.717, 1.165) is 55.6 Å². The molecule has 0 radical (unpaired) electrons. The second kappa shape index (κ2) is 11.4. The predicted octanol–water partition coefficient (Wildman–Crippen LogP) is 9.87. The van der Waals surface area contributed by atoms with E-state index in [2.05, 4.69) is 157 Å². The molecule has 0 bridgehead atoms. The quantitative estimate of drug-likeness (QED) is 0.212. The van der Waals surface area contributed by atoms with Gasteiger partial charge < -0.3 is 0 Å². The van der Waals surface area contributed by atoms with Gasteiger partial charge in [0.1, 0.15) is 12.7 Å². The predicted molar refractivity (Wildman–Crippen MR) is 172 cm³/mol. The molecule has 0 spiro atoms. The van der Waals surface area contributed by atoms with Gasteiger partial charge in [0.2, 0.25) is 0 Å². The van der Waals surface area contributed by atoms with Crippen LogP contribution in [-0.4, -0.2) is 15.0 Å². The van der Waals surface area contributed by atoms with Gasteiger partial charge in [-0.2, -0.15) is 0 Å². The van der Waals surface area contributed by atoms with Crippen LogP contribution < -0.4 is 0 Å². The fraction of sp³-hybridized carbons (Fsp3) is 0. The summed E-state index contributed by atoms with van der Waals surface area (Å²) in [5.41, 5.74) is 12.2. The summed E-state index contributed by atoms with van der Waals surface area (Å²) in [6.07, 6.45) is 3.17. The minimum Gasteiger partial charge on any atom is -0.225 e. The van der Waals surface area contributed by atoms with Gasteiger partial charge in [-0.1, -0.05) is 152 Å². The lowest BCUT2D eigenvalue weighted by atomic mass is 9.75. The molecule has 198 valence electrons. The summed E-state index contributed by atoms with van der Waals surface area (Å²) in [5, 5.41) is 0. The zero-order valence-electron chi connectivity index (χ0n) is 22.9. The van der Waals surface area contributed by atoms with Gasteiger partial charge in [-0.15, -0.1) is 0 Å². The van der Waals surface area contributed by atoms with Crippen molar-refractivity contribution in [3.05, 3.63) is 164 Å². The minimum absolute atomic E-state index is 0.636. The smallest absolute Gasteiger partial charge is 0.163 e. The molecule has 7 rings (SSSR count). The number of hydrogen-bond donors (Lipinski definition) is 0. The Bertz CT molecular complexity index is 1530. The average molecular weight is 538 g/mol. The van der Waals surface area contributed by atoms with Gasteiger partial charge in [-0.05, 0) is 44.5 Å². The van der Waals surface area contributed by atoms with Crippen molar-refractivity contribution in [2.45, 2.75) is 0 Å². The summed E-state index contributed by atoms with van der Waals surface area (Å²) in [5.74, 6) is 0.636. The summed E-state index contributed by atoms with van der Waals surface area (Å²) in [6, 6.07) is 53.3. The van der Waals surface area contributed by atoms with E-state index >= 15 is 0 Å². The van der Waals surface area contributed by atoms with Crippen molar-refractivity contribution in [3.8, 4) is 67.0 Å². The molecule has 0 aliphatic heterocycles. The molecule has 0 unspecified atom stereocenters. The highest BCUT2D eigenvalue weighted by atomic mass is 15.0. The number of nitrogens with zero attached hydrogens (tertiary/aromatic N) is 3. The average Bonchev–Trinajstić information content (AvgIpc) is 3.09. The maximum Gasteiger partial charge on any atom is 0.163 e. The molecule has 0 atom stereocenters. The molecule has 0 fully saturated rings. The van der Waals surface area contributed by atoms with Gasteiger partial charge in [0.15, 0.2) is 5.82 Å². The zero-order chi connectivity index (χ0) is 28.1. The van der Waals surface area contributed by atoms with Gasteiger partial charge in [0.05, 0.1) is 0 Å². The number of rotatable bonds is 6. The van der Waals surface area contributed by atoms with Gasteiger partial charge in [0.25, 0.3) is 0 Å². The third kappa shape index (κ3) is 4.67. The first-order valence-corrected chi connectivity index (χ1v) is 14.0. The third-order valence-electron chi connectivity index (χ3n) is 7.53. The number of aromatic nitrogens is 3. The zero-order valence-corrected chi connectivity index (χ0v) is 22.9. The highest BCUT2D eigenvalue weighted by Crippen LogP contribution is 2.55. The number of benzene rings is 6. The highest BCUT2D eigenvalue weighted by Gasteiger charge is 2.29. The monoisotopic (exact) mass is 537 g/mol. The molecule has 0 amide bonds. The van der Waals surface area contributed by atoms with Crippen LogP contribution in [0.25, 0.3) is 67.0 Å². The van der Waals surface area contributed by atoms with Crippen molar-refractivity contribution >= 4 is 0 Å². The summed E-state index contributed by atoms with van der Waals surface area (Å²) >= 11 is 0. The molecule has 0 N–H and O–H groups in total. The lowest BCUT2D eigenvalue weighted by Crippen LogP contribution is -2.03. The molecule has 0 saturated heterocycles. The van der Waals surface area contributed by atoms with Gasteiger partial charge in [-0.3, -0.25) is 0 Å². The lowest BCUT2D eigenvalue weighted by molar-refractivity contribution is 1.06. The van der Waals surface area contributed by atoms with Crippen LogP contribution in [-0.2, 0) is 0 Å².